The van der Waals surface area contributed by atoms with Crippen LogP contribution >= 0.6 is 11.6 Å². The summed E-state index contributed by atoms with van der Waals surface area (Å²) < 4.78 is 0. The second-order valence-corrected chi connectivity index (χ2v) is 1.87. The van der Waals surface area contributed by atoms with Gasteiger partial charge in [0.2, 0.25) is 5.91 Å². The van der Waals surface area contributed by atoms with E-state index in [0.29, 0.717) is 5.84 Å². The number of rotatable bonds is 2. The molecule has 0 atom stereocenters. The van der Waals surface area contributed by atoms with E-state index in [1.165, 1.54) is 0 Å². The molecule has 1 amide bonds. The van der Waals surface area contributed by atoms with Crippen molar-refractivity contribution in [3.8, 4) is 0 Å². The molecule has 0 aromatic heterocycles. The van der Waals surface area contributed by atoms with Gasteiger partial charge in [0.25, 0.3) is 0 Å². The molecule has 2 N–H and O–H groups in total. The van der Waals surface area contributed by atoms with E-state index >= 15 is 0 Å². The third-order valence-electron chi connectivity index (χ3n) is 0.721. The van der Waals surface area contributed by atoms with E-state index in [1.807, 2.05) is 0 Å². The van der Waals surface area contributed by atoms with Gasteiger partial charge in [0.05, 0.1) is 0 Å². The van der Waals surface area contributed by atoms with E-state index in [2.05, 4.69) is 15.8 Å². The van der Waals surface area contributed by atoms with Crippen molar-refractivity contribution < 1.29 is 4.79 Å². The monoisotopic (exact) mass is 163 g/mol. The fourth-order valence-corrected chi connectivity index (χ4v) is 0.498. The van der Waals surface area contributed by atoms with Crippen molar-refractivity contribution in [3.63, 3.8) is 0 Å². The van der Waals surface area contributed by atoms with Crippen LogP contribution in [0, 0.1) is 0 Å². The molecule has 0 radical (unpaired) electrons. The smallest absolute Gasteiger partial charge is 0.240 e. The van der Waals surface area contributed by atoms with E-state index < -0.39 is 0 Å². The molecule has 0 aromatic carbocycles. The normalized spacial score (nSPS) is 10.9. The van der Waals surface area contributed by atoms with Gasteiger partial charge in [-0.3, -0.25) is 4.79 Å². The number of nitrogens with one attached hydrogen (secondary N) is 2. The summed E-state index contributed by atoms with van der Waals surface area (Å²) in [4.78, 5) is 10.5. The lowest BCUT2D eigenvalue weighted by Gasteiger charge is -1.99. The summed E-state index contributed by atoms with van der Waals surface area (Å²) in [6, 6.07) is 0. The average molecular weight is 164 g/mol. The third kappa shape index (κ3) is 4.14. The van der Waals surface area contributed by atoms with Crippen LogP contribution in [-0.2, 0) is 4.79 Å². The molecule has 0 saturated carbocycles. The highest BCUT2D eigenvalue weighted by Gasteiger charge is 1.97. The minimum Gasteiger partial charge on any atom is -0.312 e. The van der Waals surface area contributed by atoms with E-state index in [4.69, 9.17) is 11.6 Å². The second-order valence-electron chi connectivity index (χ2n) is 1.60. The number of amides is 1. The van der Waals surface area contributed by atoms with Crippen LogP contribution in [-0.4, -0.2) is 24.7 Å². The predicted octanol–water partition coefficient (Wildman–Crippen LogP) is -0.106. The first-order valence-electron chi connectivity index (χ1n) is 2.77. The summed E-state index contributed by atoms with van der Waals surface area (Å²) in [5, 5.41) is 6.14. The first kappa shape index (κ1) is 9.23. The quantitative estimate of drug-likeness (QED) is 0.259. The number of nitrogens with zero attached hydrogens (tertiary/aromatic N) is 1. The van der Waals surface area contributed by atoms with Gasteiger partial charge in [-0.2, -0.15) is 5.10 Å². The molecular weight excluding hydrogens is 154 g/mol. The maximum Gasteiger partial charge on any atom is 0.240 e. The van der Waals surface area contributed by atoms with Gasteiger partial charge in [0, 0.05) is 7.05 Å². The van der Waals surface area contributed by atoms with Crippen LogP contribution in [0.15, 0.2) is 5.10 Å². The molecule has 0 aliphatic carbocycles. The number of alkyl halides is 1. The summed E-state index contributed by atoms with van der Waals surface area (Å²) >= 11 is 5.21. The third-order valence-corrected chi connectivity index (χ3v) is 0.964. The number of hydrogen-bond donors (Lipinski definition) is 2. The maximum atomic E-state index is 10.5. The zero-order valence-electron chi connectivity index (χ0n) is 5.94. The molecule has 10 heavy (non-hydrogen) atoms. The summed E-state index contributed by atoms with van der Waals surface area (Å²) in [6.07, 6.45) is 0. The van der Waals surface area contributed by atoms with Crippen molar-refractivity contribution >= 4 is 23.3 Å². The first-order chi connectivity index (χ1) is 4.70. The van der Waals surface area contributed by atoms with Crippen molar-refractivity contribution in [1.82, 2.24) is 10.7 Å². The summed E-state index contributed by atoms with van der Waals surface area (Å²) in [5.74, 6) is 0.211. The van der Waals surface area contributed by atoms with Gasteiger partial charge < -0.3 is 10.7 Å². The fraction of sp³-hybridized carbons (Fsp3) is 0.600. The van der Waals surface area contributed by atoms with Crippen LogP contribution in [0.2, 0.25) is 0 Å². The Labute approximate surface area is 64.6 Å². The number of hydrazone groups is 1. The molecular formula is C5H10ClN3O. The van der Waals surface area contributed by atoms with E-state index in [9.17, 15) is 4.79 Å². The number of hydrogen-bond acceptors (Lipinski definition) is 3. The highest BCUT2D eigenvalue weighted by Crippen LogP contribution is 1.74. The molecule has 5 heteroatoms. The molecule has 0 heterocycles. The molecule has 0 unspecified atom stereocenters. The van der Waals surface area contributed by atoms with Gasteiger partial charge in [-0.1, -0.05) is 0 Å². The number of amidine groups is 1. The minimum atomic E-state index is -0.252. The number of carbonyl (C=O) groups is 1. The molecule has 0 aliphatic rings. The largest absolute Gasteiger partial charge is 0.312 e. The van der Waals surface area contributed by atoms with Gasteiger partial charge in [-0.25, -0.2) is 0 Å². The van der Waals surface area contributed by atoms with E-state index in [-0.39, 0.29) is 11.8 Å². The highest BCUT2D eigenvalue weighted by molar-refractivity contribution is 6.28. The number of halogens is 1. The van der Waals surface area contributed by atoms with Crippen LogP contribution < -0.4 is 10.7 Å². The van der Waals surface area contributed by atoms with Crippen molar-refractivity contribution in [2.75, 3.05) is 12.9 Å². The Bertz CT molecular complexity index is 146. The standard InChI is InChI=1S/C5H10ClN3O/c1-4(9-7-2)8-5(10)3-6/h7H,3H2,1-2H3,(H,8,9,10). The molecule has 0 aliphatic heterocycles. The van der Waals surface area contributed by atoms with E-state index in [0.717, 1.165) is 0 Å². The van der Waals surface area contributed by atoms with Crippen molar-refractivity contribution in [3.05, 3.63) is 0 Å². The molecule has 0 bridgehead atoms. The SMILES string of the molecule is CN/N=C(/C)NC(=O)CCl. The van der Waals surface area contributed by atoms with Gasteiger partial charge in [0.15, 0.2) is 0 Å². The van der Waals surface area contributed by atoms with Crippen LogP contribution in [0.5, 0.6) is 0 Å². The van der Waals surface area contributed by atoms with Gasteiger partial charge in [0.1, 0.15) is 11.7 Å². The van der Waals surface area contributed by atoms with Gasteiger partial charge in [-0.05, 0) is 6.92 Å². The second kappa shape index (κ2) is 5.05. The summed E-state index contributed by atoms with van der Waals surface area (Å²) in [5.41, 5.74) is 2.53. The van der Waals surface area contributed by atoms with Gasteiger partial charge >= 0.3 is 0 Å². The lowest BCUT2D eigenvalue weighted by Crippen LogP contribution is -2.30. The van der Waals surface area contributed by atoms with Crippen LogP contribution in [0.25, 0.3) is 0 Å². The summed E-state index contributed by atoms with van der Waals surface area (Å²) in [6.45, 7) is 1.67. The molecule has 0 aromatic rings. The maximum absolute atomic E-state index is 10.5. The Hall–Kier alpha value is -0.770. The Morgan fingerprint density at radius 3 is 2.70 bits per heavy atom. The van der Waals surface area contributed by atoms with Crippen LogP contribution in [0.4, 0.5) is 0 Å². The molecule has 0 saturated heterocycles. The van der Waals surface area contributed by atoms with E-state index in [1.54, 1.807) is 14.0 Å². The lowest BCUT2D eigenvalue weighted by atomic mass is 10.6. The Kier molecular flexibility index (Phi) is 4.66. The molecule has 4 nitrogen and oxygen atoms in total. The van der Waals surface area contributed by atoms with Crippen molar-refractivity contribution in [1.29, 1.82) is 0 Å². The Morgan fingerprint density at radius 2 is 2.30 bits per heavy atom. The van der Waals surface area contributed by atoms with Gasteiger partial charge in [-0.15, -0.1) is 11.6 Å². The van der Waals surface area contributed by atoms with Crippen molar-refractivity contribution in [2.24, 2.45) is 5.10 Å². The average Bonchev–Trinajstić information content (AvgIpc) is 1.88. The minimum absolute atomic E-state index is 0.0451. The zero-order chi connectivity index (χ0) is 7.98. The summed E-state index contributed by atoms with van der Waals surface area (Å²) in [7, 11) is 1.65. The number of carbonyl (C=O) groups excluding carboxylic acids is 1. The van der Waals surface area contributed by atoms with Crippen LogP contribution in [0.1, 0.15) is 6.92 Å². The highest BCUT2D eigenvalue weighted by atomic mass is 35.5. The molecule has 58 valence electrons. The topological polar surface area (TPSA) is 53.5 Å². The Balaban J connectivity index is 3.67. The predicted molar refractivity (Wildman–Crippen MR) is 41.0 cm³/mol. The van der Waals surface area contributed by atoms with Crippen LogP contribution in [0.3, 0.4) is 0 Å². The fourth-order valence-electron chi connectivity index (χ4n) is 0.431. The Morgan fingerprint density at radius 1 is 1.70 bits per heavy atom. The lowest BCUT2D eigenvalue weighted by molar-refractivity contribution is -0.117. The zero-order valence-corrected chi connectivity index (χ0v) is 6.70. The molecule has 0 spiro atoms. The first-order valence-corrected chi connectivity index (χ1v) is 3.31. The molecule has 0 rings (SSSR count). The van der Waals surface area contributed by atoms with Crippen molar-refractivity contribution in [2.45, 2.75) is 6.92 Å². The molecule has 0 fully saturated rings.